The molecule has 142 valence electrons. The first-order valence-corrected chi connectivity index (χ1v) is 9.56. The Bertz CT molecular complexity index is 847. The number of nitrogens with one attached hydrogen (secondary N) is 1. The van der Waals surface area contributed by atoms with Crippen molar-refractivity contribution in [3.8, 4) is 11.3 Å². The van der Waals surface area contributed by atoms with Crippen LogP contribution in [0.1, 0.15) is 43.6 Å². The third-order valence-electron chi connectivity index (χ3n) is 5.82. The van der Waals surface area contributed by atoms with Crippen LogP contribution in [0.25, 0.3) is 11.3 Å². The molecule has 2 saturated heterocycles. The van der Waals surface area contributed by atoms with E-state index in [0.29, 0.717) is 18.8 Å². The number of nitrogens with zero attached hydrogens (tertiary/aromatic N) is 4. The van der Waals surface area contributed by atoms with E-state index in [9.17, 15) is 9.59 Å². The predicted molar refractivity (Wildman–Crippen MR) is 101 cm³/mol. The average Bonchev–Trinajstić information content (AvgIpc) is 3.32. The molecule has 27 heavy (non-hydrogen) atoms. The Morgan fingerprint density at radius 3 is 2.74 bits per heavy atom. The molecule has 4 rings (SSSR count). The van der Waals surface area contributed by atoms with E-state index < -0.39 is 5.41 Å². The number of carbonyl (C=O) groups excluding carboxylic acids is 2. The van der Waals surface area contributed by atoms with Gasteiger partial charge < -0.3 is 9.80 Å². The third-order valence-corrected chi connectivity index (χ3v) is 5.82. The number of rotatable bonds is 3. The molecule has 2 aliphatic heterocycles. The zero-order chi connectivity index (χ0) is 19.0. The van der Waals surface area contributed by atoms with Crippen molar-refractivity contribution in [1.29, 1.82) is 0 Å². The van der Waals surface area contributed by atoms with Crippen molar-refractivity contribution in [2.45, 2.75) is 39.2 Å². The van der Waals surface area contributed by atoms with E-state index >= 15 is 0 Å². The summed E-state index contributed by atoms with van der Waals surface area (Å²) in [5.74, 6) is 0.121. The summed E-state index contributed by atoms with van der Waals surface area (Å²) >= 11 is 0. The Labute approximate surface area is 158 Å². The third kappa shape index (κ3) is 3.11. The Hall–Kier alpha value is -2.70. The van der Waals surface area contributed by atoms with Crippen molar-refractivity contribution in [1.82, 2.24) is 25.0 Å². The van der Waals surface area contributed by atoms with E-state index in [0.717, 1.165) is 37.1 Å². The van der Waals surface area contributed by atoms with Crippen LogP contribution < -0.4 is 0 Å². The van der Waals surface area contributed by atoms with Crippen molar-refractivity contribution >= 4 is 11.8 Å². The molecule has 1 spiro atoms. The average molecular weight is 367 g/mol. The van der Waals surface area contributed by atoms with Gasteiger partial charge in [-0.15, -0.1) is 0 Å². The van der Waals surface area contributed by atoms with Crippen LogP contribution in [-0.2, 0) is 4.79 Å². The Kier molecular flexibility index (Phi) is 4.45. The summed E-state index contributed by atoms with van der Waals surface area (Å²) in [6, 6.07) is 5.69. The van der Waals surface area contributed by atoms with Gasteiger partial charge in [0.05, 0.1) is 11.1 Å². The minimum Gasteiger partial charge on any atom is -0.340 e. The molecule has 2 aromatic rings. The number of hydrogen-bond acceptors (Lipinski definition) is 4. The molecule has 0 aliphatic carbocycles. The maximum absolute atomic E-state index is 13.0. The second-order valence-electron chi connectivity index (χ2n) is 7.86. The summed E-state index contributed by atoms with van der Waals surface area (Å²) in [5, 5.41) is 7.11. The molecule has 4 heterocycles. The highest BCUT2D eigenvalue weighted by atomic mass is 16.2. The fraction of sp³-hybridized carbons (Fsp3) is 0.500. The highest BCUT2D eigenvalue weighted by Gasteiger charge is 2.49. The molecule has 2 aromatic heterocycles. The second kappa shape index (κ2) is 6.79. The van der Waals surface area contributed by atoms with Gasteiger partial charge in [-0.3, -0.25) is 19.7 Å². The highest BCUT2D eigenvalue weighted by molar-refractivity contribution is 5.95. The molecule has 2 amide bonds. The quantitative estimate of drug-likeness (QED) is 0.903. The number of likely N-dealkylation sites (tertiary alicyclic amines) is 2. The highest BCUT2D eigenvalue weighted by Crippen LogP contribution is 2.41. The van der Waals surface area contributed by atoms with Crippen molar-refractivity contribution in [3.63, 3.8) is 0 Å². The van der Waals surface area contributed by atoms with Gasteiger partial charge in [-0.1, -0.05) is 0 Å². The number of amides is 2. The normalized spacial score (nSPS) is 22.9. The van der Waals surface area contributed by atoms with Gasteiger partial charge in [-0.2, -0.15) is 5.10 Å². The molecular formula is C20H25N5O2. The van der Waals surface area contributed by atoms with Gasteiger partial charge in [0.1, 0.15) is 5.69 Å². The van der Waals surface area contributed by atoms with Gasteiger partial charge in [-0.25, -0.2) is 0 Å². The molecular weight excluding hydrogens is 342 g/mol. The topological polar surface area (TPSA) is 82.2 Å². The van der Waals surface area contributed by atoms with Crippen molar-refractivity contribution in [2.24, 2.45) is 5.41 Å². The minimum absolute atomic E-state index is 0.0887. The first kappa shape index (κ1) is 17.7. The molecule has 0 unspecified atom stereocenters. The van der Waals surface area contributed by atoms with Crippen molar-refractivity contribution < 1.29 is 9.59 Å². The van der Waals surface area contributed by atoms with Crippen molar-refractivity contribution in [2.75, 3.05) is 19.6 Å². The number of pyridine rings is 1. The van der Waals surface area contributed by atoms with E-state index in [1.807, 2.05) is 17.0 Å². The molecule has 0 radical (unpaired) electrons. The lowest BCUT2D eigenvalue weighted by atomic mass is 9.78. The standard InChI is InChI=1S/C20H25N5O2/c1-14(2)25-10-3-6-20(19(25)27)7-11-24(13-20)18(26)17-12-16(22-23-17)15-4-8-21-9-5-15/h4-5,8-9,12,14H,3,6-7,10-11,13H2,1-2H3,(H,22,23)/t20-/m1/s1. The lowest BCUT2D eigenvalue weighted by Crippen LogP contribution is -2.52. The predicted octanol–water partition coefficient (Wildman–Crippen LogP) is 2.33. The fourth-order valence-electron chi connectivity index (χ4n) is 4.29. The zero-order valence-corrected chi connectivity index (χ0v) is 15.8. The maximum atomic E-state index is 13.0. The largest absolute Gasteiger partial charge is 0.340 e. The summed E-state index contributed by atoms with van der Waals surface area (Å²) in [6.07, 6.45) is 6.01. The first-order valence-electron chi connectivity index (χ1n) is 9.56. The molecule has 2 aliphatic rings. The van der Waals surface area contributed by atoms with E-state index in [1.54, 1.807) is 23.4 Å². The summed E-state index contributed by atoms with van der Waals surface area (Å²) in [7, 11) is 0. The van der Waals surface area contributed by atoms with Crippen LogP contribution in [0.5, 0.6) is 0 Å². The molecule has 2 fully saturated rings. The van der Waals surface area contributed by atoms with E-state index in [2.05, 4.69) is 29.0 Å². The molecule has 0 saturated carbocycles. The SMILES string of the molecule is CC(C)N1CCC[C@]2(CCN(C(=O)c3cc(-c4ccncc4)n[nH]3)C2)C1=O. The number of piperidine rings is 1. The van der Waals surface area contributed by atoms with Crippen LogP contribution in [0.15, 0.2) is 30.6 Å². The molecule has 0 bridgehead atoms. The van der Waals surface area contributed by atoms with E-state index in [4.69, 9.17) is 0 Å². The van der Waals surface area contributed by atoms with Crippen LogP contribution >= 0.6 is 0 Å². The van der Waals surface area contributed by atoms with Crippen LogP contribution in [0, 0.1) is 5.41 Å². The van der Waals surface area contributed by atoms with Gasteiger partial charge in [0.25, 0.3) is 5.91 Å². The maximum Gasteiger partial charge on any atom is 0.271 e. The molecule has 1 atom stereocenters. The Morgan fingerprint density at radius 1 is 1.22 bits per heavy atom. The lowest BCUT2D eigenvalue weighted by Gasteiger charge is -2.41. The van der Waals surface area contributed by atoms with Crippen LogP contribution in [0.3, 0.4) is 0 Å². The number of aromatic nitrogens is 3. The fourth-order valence-corrected chi connectivity index (χ4v) is 4.29. The van der Waals surface area contributed by atoms with Gasteiger partial charge in [0.2, 0.25) is 5.91 Å². The van der Waals surface area contributed by atoms with Crippen LogP contribution in [0.4, 0.5) is 0 Å². The molecule has 1 N–H and O–H groups in total. The van der Waals surface area contributed by atoms with Crippen LogP contribution in [0.2, 0.25) is 0 Å². The van der Waals surface area contributed by atoms with Crippen LogP contribution in [-0.4, -0.2) is 62.5 Å². The molecule has 0 aromatic carbocycles. The summed E-state index contributed by atoms with van der Waals surface area (Å²) in [6.45, 7) is 6.04. The Balaban J connectivity index is 1.50. The number of aromatic amines is 1. The number of carbonyl (C=O) groups is 2. The van der Waals surface area contributed by atoms with Gasteiger partial charge in [0, 0.05) is 43.6 Å². The molecule has 7 heteroatoms. The number of hydrogen-bond donors (Lipinski definition) is 1. The van der Waals surface area contributed by atoms with Gasteiger partial charge in [-0.05, 0) is 51.3 Å². The summed E-state index contributed by atoms with van der Waals surface area (Å²) < 4.78 is 0. The second-order valence-corrected chi connectivity index (χ2v) is 7.86. The zero-order valence-electron chi connectivity index (χ0n) is 15.8. The van der Waals surface area contributed by atoms with E-state index in [1.165, 1.54) is 0 Å². The minimum atomic E-state index is -0.411. The monoisotopic (exact) mass is 367 g/mol. The van der Waals surface area contributed by atoms with Crippen molar-refractivity contribution in [3.05, 3.63) is 36.3 Å². The van der Waals surface area contributed by atoms with E-state index in [-0.39, 0.29) is 17.9 Å². The summed E-state index contributed by atoms with van der Waals surface area (Å²) in [4.78, 5) is 33.8. The summed E-state index contributed by atoms with van der Waals surface area (Å²) in [5.41, 5.74) is 1.68. The number of H-pyrrole nitrogens is 1. The van der Waals surface area contributed by atoms with Gasteiger partial charge in [0.15, 0.2) is 0 Å². The lowest BCUT2D eigenvalue weighted by molar-refractivity contribution is -0.147. The Morgan fingerprint density at radius 2 is 2.00 bits per heavy atom. The first-order chi connectivity index (χ1) is 13.0. The smallest absolute Gasteiger partial charge is 0.271 e. The molecule has 7 nitrogen and oxygen atoms in total. The van der Waals surface area contributed by atoms with Gasteiger partial charge >= 0.3 is 0 Å².